The summed E-state index contributed by atoms with van der Waals surface area (Å²) in [7, 11) is 1.59. The number of halogens is 1. The van der Waals surface area contributed by atoms with Crippen LogP contribution in [0.15, 0.2) is 78.4 Å². The molecule has 1 amide bonds. The Bertz CT molecular complexity index is 1100. The summed E-state index contributed by atoms with van der Waals surface area (Å²) in [6.45, 7) is 0. The summed E-state index contributed by atoms with van der Waals surface area (Å²) in [6.07, 6.45) is 3.74. The molecule has 0 aliphatic heterocycles. The van der Waals surface area contributed by atoms with E-state index in [0.717, 1.165) is 22.6 Å². The van der Waals surface area contributed by atoms with Crippen LogP contribution in [-0.2, 0) is 0 Å². The second-order valence-electron chi connectivity index (χ2n) is 6.11. The molecule has 28 heavy (non-hydrogen) atoms. The topological polar surface area (TPSA) is 43.3 Å². The lowest BCUT2D eigenvalue weighted by Crippen LogP contribution is -2.12. The van der Waals surface area contributed by atoms with Crippen molar-refractivity contribution >= 4 is 22.9 Å². The number of hydrogen-bond acceptors (Lipinski definition) is 3. The van der Waals surface area contributed by atoms with Crippen LogP contribution in [0.5, 0.6) is 5.75 Å². The number of thiophene rings is 1. The first-order valence-electron chi connectivity index (χ1n) is 8.62. The zero-order valence-corrected chi connectivity index (χ0v) is 15.9. The molecule has 4 aromatic rings. The van der Waals surface area contributed by atoms with E-state index in [1.165, 1.54) is 23.5 Å². The first-order chi connectivity index (χ1) is 13.7. The van der Waals surface area contributed by atoms with Gasteiger partial charge in [0.15, 0.2) is 0 Å². The van der Waals surface area contributed by atoms with Crippen molar-refractivity contribution in [3.8, 4) is 22.6 Å². The molecule has 0 unspecified atom stereocenters. The molecule has 2 heterocycles. The zero-order chi connectivity index (χ0) is 19.5. The van der Waals surface area contributed by atoms with Crippen molar-refractivity contribution in [3.63, 3.8) is 0 Å². The Hall–Kier alpha value is -3.38. The third-order valence-corrected chi connectivity index (χ3v) is 5.29. The van der Waals surface area contributed by atoms with Crippen molar-refractivity contribution in [3.05, 3.63) is 89.1 Å². The predicted octanol–water partition coefficient (Wildman–Crippen LogP) is 5.61. The van der Waals surface area contributed by atoms with Crippen molar-refractivity contribution in [1.29, 1.82) is 0 Å². The second-order valence-corrected chi connectivity index (χ2v) is 6.99. The van der Waals surface area contributed by atoms with Crippen molar-refractivity contribution in [2.24, 2.45) is 0 Å². The molecule has 4 rings (SSSR count). The average molecular weight is 392 g/mol. The van der Waals surface area contributed by atoms with Gasteiger partial charge in [0.05, 0.1) is 12.8 Å². The lowest BCUT2D eigenvalue weighted by molar-refractivity contribution is 0.103. The highest BCUT2D eigenvalue weighted by Crippen LogP contribution is 2.35. The summed E-state index contributed by atoms with van der Waals surface area (Å²) >= 11 is 1.33. The number of amides is 1. The minimum Gasteiger partial charge on any atom is -0.497 e. The van der Waals surface area contributed by atoms with E-state index in [1.807, 2.05) is 40.5 Å². The molecule has 4 nitrogen and oxygen atoms in total. The first kappa shape index (κ1) is 18.0. The maximum absolute atomic E-state index is 13.7. The average Bonchev–Trinajstić information content (AvgIpc) is 3.38. The van der Waals surface area contributed by atoms with Crippen molar-refractivity contribution in [1.82, 2.24) is 4.57 Å². The Morgan fingerprint density at radius 1 is 1.07 bits per heavy atom. The van der Waals surface area contributed by atoms with Gasteiger partial charge in [-0.05, 0) is 54.1 Å². The van der Waals surface area contributed by atoms with Gasteiger partial charge in [-0.1, -0.05) is 12.1 Å². The Balaban J connectivity index is 1.73. The van der Waals surface area contributed by atoms with E-state index in [2.05, 4.69) is 5.32 Å². The van der Waals surface area contributed by atoms with Crippen LogP contribution in [0.4, 0.5) is 10.1 Å². The molecule has 0 saturated heterocycles. The van der Waals surface area contributed by atoms with E-state index < -0.39 is 0 Å². The summed E-state index contributed by atoms with van der Waals surface area (Å²) in [6, 6.07) is 17.3. The summed E-state index contributed by atoms with van der Waals surface area (Å²) in [4.78, 5) is 13.5. The smallest absolute Gasteiger partial charge is 0.267 e. The van der Waals surface area contributed by atoms with Gasteiger partial charge >= 0.3 is 0 Å². The number of ether oxygens (including phenoxy) is 1. The molecule has 6 heteroatoms. The van der Waals surface area contributed by atoms with Gasteiger partial charge in [0.25, 0.3) is 5.91 Å². The highest BCUT2D eigenvalue weighted by molar-refractivity contribution is 7.13. The molecule has 0 saturated carbocycles. The molecule has 0 spiro atoms. The molecule has 2 aromatic carbocycles. The minimum atomic E-state index is -0.314. The minimum absolute atomic E-state index is 0.221. The molecular formula is C22H17FN2O2S. The molecular weight excluding hydrogens is 375 g/mol. The standard InChI is InChI=1S/C22H17FN2O2S/c1-27-18-9-7-17(8-10-18)24-22(26)21-20(25-11-2-3-12-25)19(14-28-21)15-5-4-6-16(23)13-15/h2-14H,1H3,(H,24,26). The number of carbonyl (C=O) groups is 1. The molecule has 0 aliphatic rings. The fourth-order valence-electron chi connectivity index (χ4n) is 2.98. The van der Waals surface area contributed by atoms with Crippen LogP contribution < -0.4 is 10.1 Å². The summed E-state index contributed by atoms with van der Waals surface area (Å²) in [5.41, 5.74) is 2.93. The number of aromatic nitrogens is 1. The van der Waals surface area contributed by atoms with Gasteiger partial charge in [-0.3, -0.25) is 4.79 Å². The van der Waals surface area contributed by atoms with Crippen LogP contribution >= 0.6 is 11.3 Å². The van der Waals surface area contributed by atoms with Crippen LogP contribution in [0.2, 0.25) is 0 Å². The fourth-order valence-corrected chi connectivity index (χ4v) is 3.94. The summed E-state index contributed by atoms with van der Waals surface area (Å²) in [5.74, 6) is 0.184. The highest BCUT2D eigenvalue weighted by Gasteiger charge is 2.20. The van der Waals surface area contributed by atoms with Crippen LogP contribution in [0.25, 0.3) is 16.8 Å². The van der Waals surface area contributed by atoms with Gasteiger partial charge in [-0.25, -0.2) is 4.39 Å². The molecule has 0 radical (unpaired) electrons. The SMILES string of the molecule is COc1ccc(NC(=O)c2scc(-c3cccc(F)c3)c2-n2cccc2)cc1. The van der Waals surface area contributed by atoms with Gasteiger partial charge in [0.2, 0.25) is 0 Å². The Kier molecular flexibility index (Phi) is 4.95. The number of rotatable bonds is 5. The van der Waals surface area contributed by atoms with Gasteiger partial charge in [0, 0.05) is 29.0 Å². The largest absolute Gasteiger partial charge is 0.497 e. The maximum atomic E-state index is 13.7. The number of hydrogen-bond donors (Lipinski definition) is 1. The van der Waals surface area contributed by atoms with Crippen LogP contribution in [-0.4, -0.2) is 17.6 Å². The van der Waals surface area contributed by atoms with Crippen LogP contribution in [0, 0.1) is 5.82 Å². The van der Waals surface area contributed by atoms with Gasteiger partial charge in [0.1, 0.15) is 16.4 Å². The lowest BCUT2D eigenvalue weighted by atomic mass is 10.1. The van der Waals surface area contributed by atoms with Crippen LogP contribution in [0.3, 0.4) is 0 Å². The first-order valence-corrected chi connectivity index (χ1v) is 9.50. The Morgan fingerprint density at radius 2 is 1.82 bits per heavy atom. The third kappa shape index (κ3) is 3.54. The summed E-state index contributed by atoms with van der Waals surface area (Å²) < 4.78 is 20.8. The number of carbonyl (C=O) groups excluding carboxylic acids is 1. The summed E-state index contributed by atoms with van der Waals surface area (Å²) in [5, 5.41) is 4.80. The molecule has 1 N–H and O–H groups in total. The van der Waals surface area contributed by atoms with E-state index in [4.69, 9.17) is 4.74 Å². The molecule has 0 fully saturated rings. The number of methoxy groups -OCH3 is 1. The Labute approximate surface area is 165 Å². The number of nitrogens with zero attached hydrogens (tertiary/aromatic N) is 1. The molecule has 0 aliphatic carbocycles. The van der Waals surface area contributed by atoms with E-state index in [9.17, 15) is 9.18 Å². The quantitative estimate of drug-likeness (QED) is 0.480. The van der Waals surface area contributed by atoms with E-state index in [0.29, 0.717) is 10.6 Å². The van der Waals surface area contributed by atoms with Crippen LogP contribution in [0.1, 0.15) is 9.67 Å². The fraction of sp³-hybridized carbons (Fsp3) is 0.0455. The van der Waals surface area contributed by atoms with Gasteiger partial charge in [-0.15, -0.1) is 11.3 Å². The zero-order valence-electron chi connectivity index (χ0n) is 15.1. The number of anilines is 1. The van der Waals surface area contributed by atoms with Gasteiger partial charge < -0.3 is 14.6 Å². The molecule has 140 valence electrons. The number of benzene rings is 2. The third-order valence-electron chi connectivity index (χ3n) is 4.32. The second kappa shape index (κ2) is 7.70. The van der Waals surface area contributed by atoms with E-state index >= 15 is 0 Å². The molecule has 0 atom stereocenters. The number of nitrogens with one attached hydrogen (secondary N) is 1. The maximum Gasteiger partial charge on any atom is 0.267 e. The van der Waals surface area contributed by atoms with E-state index in [1.54, 1.807) is 37.4 Å². The molecule has 0 bridgehead atoms. The van der Waals surface area contributed by atoms with Crippen molar-refractivity contribution in [2.75, 3.05) is 12.4 Å². The monoisotopic (exact) mass is 392 g/mol. The highest BCUT2D eigenvalue weighted by atomic mass is 32.1. The Morgan fingerprint density at radius 3 is 2.50 bits per heavy atom. The van der Waals surface area contributed by atoms with Crippen molar-refractivity contribution < 1.29 is 13.9 Å². The molecule has 2 aromatic heterocycles. The van der Waals surface area contributed by atoms with E-state index in [-0.39, 0.29) is 11.7 Å². The predicted molar refractivity (Wildman–Crippen MR) is 110 cm³/mol. The van der Waals surface area contributed by atoms with Crippen molar-refractivity contribution in [2.45, 2.75) is 0 Å². The lowest BCUT2D eigenvalue weighted by Gasteiger charge is -2.10. The normalized spacial score (nSPS) is 10.6. The van der Waals surface area contributed by atoms with Gasteiger partial charge in [-0.2, -0.15) is 0 Å².